The Morgan fingerprint density at radius 1 is 0.889 bits per heavy atom. The highest BCUT2D eigenvalue weighted by molar-refractivity contribution is 7.99. The maximum atomic E-state index is 13.1. The largest absolute Gasteiger partial charge is 0.493 e. The molecule has 8 heteroatoms. The fourth-order valence-corrected chi connectivity index (χ4v) is 4.32. The van der Waals surface area contributed by atoms with Crippen molar-refractivity contribution in [2.24, 2.45) is 0 Å². The number of carbonyl (C=O) groups is 3. The van der Waals surface area contributed by atoms with Crippen LogP contribution in [0.25, 0.3) is 6.08 Å². The molecule has 0 radical (unpaired) electrons. The Kier molecular flexibility index (Phi) is 7.75. The zero-order valence-electron chi connectivity index (χ0n) is 20.2. The van der Waals surface area contributed by atoms with Crippen LogP contribution in [0.3, 0.4) is 0 Å². The highest BCUT2D eigenvalue weighted by atomic mass is 32.2. The monoisotopic (exact) mass is 502 g/mol. The summed E-state index contributed by atoms with van der Waals surface area (Å²) < 4.78 is 11.4. The maximum Gasteiger partial charge on any atom is 0.335 e. The molecule has 0 saturated carbocycles. The number of thioether (sulfide) groups is 1. The molecule has 3 aromatic carbocycles. The van der Waals surface area contributed by atoms with Gasteiger partial charge in [-0.25, -0.2) is 9.69 Å². The molecule has 1 heterocycles. The number of amides is 4. The molecule has 4 amide bonds. The predicted molar refractivity (Wildman–Crippen MR) is 141 cm³/mol. The molecule has 7 nitrogen and oxygen atoms in total. The van der Waals surface area contributed by atoms with Crippen molar-refractivity contribution in [2.75, 3.05) is 24.4 Å². The number of nitrogens with zero attached hydrogens (tertiary/aromatic N) is 1. The molecule has 0 unspecified atom stereocenters. The number of hydrogen-bond donors (Lipinski definition) is 1. The summed E-state index contributed by atoms with van der Waals surface area (Å²) in [6, 6.07) is 19.6. The lowest BCUT2D eigenvalue weighted by molar-refractivity contribution is -0.122. The van der Waals surface area contributed by atoms with Gasteiger partial charge in [0, 0.05) is 10.6 Å². The van der Waals surface area contributed by atoms with E-state index in [9.17, 15) is 14.4 Å². The minimum atomic E-state index is -0.782. The molecule has 1 aliphatic rings. The number of benzene rings is 3. The first-order valence-corrected chi connectivity index (χ1v) is 12.3. The summed E-state index contributed by atoms with van der Waals surface area (Å²) in [5.74, 6) is 0.343. The molecule has 36 heavy (non-hydrogen) atoms. The van der Waals surface area contributed by atoms with E-state index in [4.69, 9.17) is 9.47 Å². The first kappa shape index (κ1) is 25.1. The van der Waals surface area contributed by atoms with Crippen LogP contribution >= 0.6 is 11.8 Å². The normalized spacial score (nSPS) is 14.7. The van der Waals surface area contributed by atoms with Crippen LogP contribution in [0.5, 0.6) is 11.5 Å². The number of ether oxygens (including phenoxy) is 2. The molecule has 0 bridgehead atoms. The molecular formula is C28H26N2O5S. The number of imide groups is 2. The Labute approximate surface area is 214 Å². The smallest absolute Gasteiger partial charge is 0.335 e. The SMILES string of the molecule is COc1cc(C=C2C(=O)NC(=O)N(c3ccc(C)cc3)C2=O)ccc1OCCSc1ccc(C)cc1. The standard InChI is InChI=1S/C28H26N2O5S/c1-18-4-9-21(10-5-18)30-27(32)23(26(31)29-28(30)33)16-20-8-13-24(25(17-20)34-3)35-14-15-36-22-11-6-19(2)7-12-22/h4-13,16-17H,14-15H2,1-3H3,(H,29,31,33). The topological polar surface area (TPSA) is 84.9 Å². The first-order valence-electron chi connectivity index (χ1n) is 11.3. The molecule has 1 N–H and O–H groups in total. The first-order chi connectivity index (χ1) is 17.4. The van der Waals surface area contributed by atoms with Crippen molar-refractivity contribution >= 4 is 41.4 Å². The van der Waals surface area contributed by atoms with Gasteiger partial charge in [0.1, 0.15) is 5.57 Å². The highest BCUT2D eigenvalue weighted by Crippen LogP contribution is 2.30. The van der Waals surface area contributed by atoms with E-state index in [1.807, 2.05) is 6.92 Å². The van der Waals surface area contributed by atoms with E-state index in [0.29, 0.717) is 29.4 Å². The second-order valence-corrected chi connectivity index (χ2v) is 9.38. The van der Waals surface area contributed by atoms with Gasteiger partial charge in [-0.1, -0.05) is 41.5 Å². The number of barbiturate groups is 1. The van der Waals surface area contributed by atoms with Gasteiger partial charge in [0.25, 0.3) is 11.8 Å². The lowest BCUT2D eigenvalue weighted by atomic mass is 10.1. The predicted octanol–water partition coefficient (Wildman–Crippen LogP) is 5.15. The Balaban J connectivity index is 1.47. The van der Waals surface area contributed by atoms with E-state index in [1.165, 1.54) is 23.6 Å². The Morgan fingerprint density at radius 3 is 2.22 bits per heavy atom. The van der Waals surface area contributed by atoms with Gasteiger partial charge in [0.2, 0.25) is 0 Å². The molecule has 0 aliphatic carbocycles. The van der Waals surface area contributed by atoms with E-state index in [1.54, 1.807) is 54.2 Å². The molecule has 3 aromatic rings. The maximum absolute atomic E-state index is 13.1. The van der Waals surface area contributed by atoms with Gasteiger partial charge in [-0.05, 0) is 61.9 Å². The number of anilines is 1. The quantitative estimate of drug-likeness (QED) is 0.199. The van der Waals surface area contributed by atoms with Crippen LogP contribution in [0.2, 0.25) is 0 Å². The van der Waals surface area contributed by atoms with E-state index < -0.39 is 17.8 Å². The van der Waals surface area contributed by atoms with Gasteiger partial charge in [0.15, 0.2) is 11.5 Å². The lowest BCUT2D eigenvalue weighted by Crippen LogP contribution is -2.54. The number of hydrogen-bond acceptors (Lipinski definition) is 6. The van der Waals surface area contributed by atoms with Crippen LogP contribution in [-0.2, 0) is 9.59 Å². The molecule has 0 spiro atoms. The molecular weight excluding hydrogens is 476 g/mol. The molecule has 0 atom stereocenters. The second-order valence-electron chi connectivity index (χ2n) is 8.21. The van der Waals surface area contributed by atoms with Gasteiger partial charge in [-0.2, -0.15) is 0 Å². The van der Waals surface area contributed by atoms with Crippen LogP contribution in [0.4, 0.5) is 10.5 Å². The number of urea groups is 1. The number of aryl methyl sites for hydroxylation is 2. The average Bonchev–Trinajstić information content (AvgIpc) is 2.87. The third kappa shape index (κ3) is 5.78. The zero-order chi connectivity index (χ0) is 25.7. The van der Waals surface area contributed by atoms with Crippen molar-refractivity contribution in [3.05, 3.63) is 89.0 Å². The second kappa shape index (κ2) is 11.1. The van der Waals surface area contributed by atoms with Gasteiger partial charge >= 0.3 is 6.03 Å². The molecule has 4 rings (SSSR count). The van der Waals surface area contributed by atoms with E-state index >= 15 is 0 Å². The van der Waals surface area contributed by atoms with E-state index in [2.05, 4.69) is 36.5 Å². The van der Waals surface area contributed by atoms with Crippen LogP contribution < -0.4 is 19.7 Å². The number of methoxy groups -OCH3 is 1. The summed E-state index contributed by atoms with van der Waals surface area (Å²) in [7, 11) is 1.52. The van der Waals surface area contributed by atoms with Crippen molar-refractivity contribution in [3.63, 3.8) is 0 Å². The minimum absolute atomic E-state index is 0.152. The van der Waals surface area contributed by atoms with E-state index in [0.717, 1.165) is 16.2 Å². The van der Waals surface area contributed by atoms with E-state index in [-0.39, 0.29) is 5.57 Å². The number of rotatable bonds is 8. The average molecular weight is 503 g/mol. The number of nitrogens with one attached hydrogen (secondary N) is 1. The summed E-state index contributed by atoms with van der Waals surface area (Å²) in [5, 5.41) is 2.23. The zero-order valence-corrected chi connectivity index (χ0v) is 21.1. The Bertz CT molecular complexity index is 1320. The molecule has 184 valence electrons. The van der Waals surface area contributed by atoms with Crippen molar-refractivity contribution in [3.8, 4) is 11.5 Å². The van der Waals surface area contributed by atoms with Crippen molar-refractivity contribution in [1.82, 2.24) is 5.32 Å². The summed E-state index contributed by atoms with van der Waals surface area (Å²) in [6.45, 7) is 4.43. The summed E-state index contributed by atoms with van der Waals surface area (Å²) >= 11 is 1.70. The van der Waals surface area contributed by atoms with Crippen LogP contribution in [0.15, 0.2) is 77.2 Å². The Hall–Kier alpha value is -4.04. The van der Waals surface area contributed by atoms with Gasteiger partial charge < -0.3 is 9.47 Å². The molecule has 1 saturated heterocycles. The third-order valence-corrected chi connectivity index (χ3v) is 6.50. The molecule has 1 aliphatic heterocycles. The van der Waals surface area contributed by atoms with Gasteiger partial charge in [-0.15, -0.1) is 11.8 Å². The summed E-state index contributed by atoms with van der Waals surface area (Å²) in [5.41, 5.74) is 2.99. The minimum Gasteiger partial charge on any atom is -0.493 e. The van der Waals surface area contributed by atoms with Crippen molar-refractivity contribution in [2.45, 2.75) is 18.7 Å². The van der Waals surface area contributed by atoms with Gasteiger partial charge in [-0.3, -0.25) is 14.9 Å². The Morgan fingerprint density at radius 2 is 1.56 bits per heavy atom. The third-order valence-electron chi connectivity index (χ3n) is 5.52. The molecule has 0 aromatic heterocycles. The highest BCUT2D eigenvalue weighted by Gasteiger charge is 2.36. The van der Waals surface area contributed by atoms with Crippen LogP contribution in [0, 0.1) is 13.8 Å². The van der Waals surface area contributed by atoms with Crippen molar-refractivity contribution < 1.29 is 23.9 Å². The molecule has 1 fully saturated rings. The fraction of sp³-hybridized carbons (Fsp3) is 0.179. The summed E-state index contributed by atoms with van der Waals surface area (Å²) in [6.07, 6.45) is 1.44. The fourth-order valence-electron chi connectivity index (χ4n) is 3.59. The van der Waals surface area contributed by atoms with Gasteiger partial charge in [0.05, 0.1) is 19.4 Å². The lowest BCUT2D eigenvalue weighted by Gasteiger charge is -2.26. The van der Waals surface area contributed by atoms with Crippen LogP contribution in [-0.4, -0.2) is 37.3 Å². The van der Waals surface area contributed by atoms with Crippen molar-refractivity contribution in [1.29, 1.82) is 0 Å². The summed E-state index contributed by atoms with van der Waals surface area (Å²) in [4.78, 5) is 40.1. The van der Waals surface area contributed by atoms with Crippen LogP contribution in [0.1, 0.15) is 16.7 Å². The number of carbonyl (C=O) groups excluding carboxylic acids is 3.